The third-order valence-corrected chi connectivity index (χ3v) is 6.33. The Morgan fingerprint density at radius 1 is 0.941 bits per heavy atom. The number of aromatic nitrogens is 1. The third-order valence-electron chi connectivity index (χ3n) is 6.33. The number of rotatable bonds is 6. The van der Waals surface area contributed by atoms with Gasteiger partial charge in [-0.05, 0) is 53.6 Å². The number of aliphatic hydroxyl groups is 1. The first kappa shape index (κ1) is 22.1. The molecule has 0 saturated carbocycles. The van der Waals surface area contributed by atoms with E-state index >= 15 is 0 Å². The van der Waals surface area contributed by atoms with E-state index in [9.17, 15) is 5.11 Å². The van der Waals surface area contributed by atoms with E-state index in [1.54, 1.807) is 12.4 Å². The maximum atomic E-state index is 10.8. The van der Waals surface area contributed by atoms with Gasteiger partial charge in [-0.3, -0.25) is 9.88 Å². The van der Waals surface area contributed by atoms with Gasteiger partial charge in [-0.1, -0.05) is 42.5 Å². The average Bonchev–Trinajstić information content (AvgIpc) is 3.10. The normalized spacial score (nSPS) is 14.5. The summed E-state index contributed by atoms with van der Waals surface area (Å²) in [6.07, 6.45) is 2.72. The third kappa shape index (κ3) is 4.96. The summed E-state index contributed by atoms with van der Waals surface area (Å²) in [6, 6.07) is 28.8. The molecule has 34 heavy (non-hydrogen) atoms. The summed E-state index contributed by atoms with van der Waals surface area (Å²) in [7, 11) is 2.09. The average molecular weight is 452 g/mol. The summed E-state index contributed by atoms with van der Waals surface area (Å²) in [6.45, 7) is 3.11. The van der Waals surface area contributed by atoms with Crippen molar-refractivity contribution in [1.82, 2.24) is 9.88 Å². The molecule has 1 aliphatic rings. The Labute approximate surface area is 200 Å². The van der Waals surface area contributed by atoms with Crippen LogP contribution in [0.15, 0.2) is 97.3 Å². The largest absolute Gasteiger partial charge is 0.492 e. The topological polar surface area (TPSA) is 48.8 Å². The highest BCUT2D eigenvalue weighted by molar-refractivity contribution is 5.62. The van der Waals surface area contributed by atoms with Crippen LogP contribution in [0.5, 0.6) is 5.75 Å². The van der Waals surface area contributed by atoms with Crippen LogP contribution < -0.4 is 9.64 Å². The lowest BCUT2D eigenvalue weighted by Gasteiger charge is -2.22. The van der Waals surface area contributed by atoms with Crippen LogP contribution in [-0.4, -0.2) is 35.2 Å². The van der Waals surface area contributed by atoms with E-state index in [0.717, 1.165) is 47.8 Å². The Balaban J connectivity index is 1.29. The van der Waals surface area contributed by atoms with Gasteiger partial charge in [0, 0.05) is 61.6 Å². The molecule has 0 amide bonds. The van der Waals surface area contributed by atoms with Crippen LogP contribution >= 0.6 is 0 Å². The zero-order chi connectivity index (χ0) is 23.3. The van der Waals surface area contributed by atoms with Gasteiger partial charge in [0.15, 0.2) is 0 Å². The number of benzene rings is 3. The van der Waals surface area contributed by atoms with Gasteiger partial charge >= 0.3 is 0 Å². The van der Waals surface area contributed by atoms with E-state index in [1.807, 2.05) is 30.3 Å². The number of fused-ring (bicyclic) bond motifs is 1. The Morgan fingerprint density at radius 3 is 2.50 bits per heavy atom. The molecule has 0 aliphatic carbocycles. The van der Waals surface area contributed by atoms with Gasteiger partial charge < -0.3 is 14.7 Å². The van der Waals surface area contributed by atoms with Crippen LogP contribution in [0, 0.1) is 0 Å². The molecular formula is C29H29N3O2. The molecule has 0 radical (unpaired) electrons. The van der Waals surface area contributed by atoms with E-state index in [1.165, 1.54) is 11.3 Å². The molecule has 2 heterocycles. The Morgan fingerprint density at radius 2 is 1.74 bits per heavy atom. The minimum absolute atomic E-state index is 0.645. The summed E-state index contributed by atoms with van der Waals surface area (Å²) >= 11 is 0. The minimum atomic E-state index is -0.704. The number of aliphatic hydroxyl groups excluding tert-OH is 1. The van der Waals surface area contributed by atoms with Crippen LogP contribution in [0.2, 0.25) is 0 Å². The number of ether oxygens (including phenoxy) is 1. The molecule has 0 spiro atoms. The highest BCUT2D eigenvalue weighted by Gasteiger charge is 2.19. The van der Waals surface area contributed by atoms with Crippen molar-refractivity contribution in [2.24, 2.45) is 0 Å². The van der Waals surface area contributed by atoms with Crippen molar-refractivity contribution < 1.29 is 9.84 Å². The Hall–Kier alpha value is -3.67. The molecule has 1 N–H and O–H groups in total. The molecule has 0 fully saturated rings. The predicted octanol–water partition coefficient (Wildman–Crippen LogP) is 5.33. The fourth-order valence-corrected chi connectivity index (χ4v) is 4.39. The van der Waals surface area contributed by atoms with Gasteiger partial charge in [0.1, 0.15) is 18.5 Å². The first-order chi connectivity index (χ1) is 16.7. The molecule has 1 aromatic heterocycles. The molecule has 0 unspecified atom stereocenters. The molecule has 1 aliphatic heterocycles. The molecule has 3 aromatic carbocycles. The lowest BCUT2D eigenvalue weighted by Crippen LogP contribution is -2.25. The van der Waals surface area contributed by atoms with E-state index in [4.69, 9.17) is 4.74 Å². The maximum absolute atomic E-state index is 10.8. The van der Waals surface area contributed by atoms with Crippen molar-refractivity contribution in [3.63, 3.8) is 0 Å². The molecule has 4 aromatic rings. The first-order valence-corrected chi connectivity index (χ1v) is 11.6. The van der Waals surface area contributed by atoms with Gasteiger partial charge in [-0.25, -0.2) is 0 Å². The van der Waals surface area contributed by atoms with Crippen molar-refractivity contribution in [2.75, 3.05) is 25.1 Å². The first-order valence-electron chi connectivity index (χ1n) is 11.6. The molecule has 5 heteroatoms. The lowest BCUT2D eigenvalue weighted by molar-refractivity contribution is 0.218. The standard InChI is InChI=1S/C29H29N3O2/c1-31(26-7-3-2-4-8-26)27-12-9-22(10-13-27)20-32-16-17-34-28-14-11-23(18-25(28)21-32)29(33)24-6-5-15-30-19-24/h2-15,18-19,29,33H,16-17,20-21H2,1H3/t29-/m0/s1. The summed E-state index contributed by atoms with van der Waals surface area (Å²) in [5.74, 6) is 0.893. The molecule has 0 saturated heterocycles. The summed E-state index contributed by atoms with van der Waals surface area (Å²) in [5.41, 5.74) is 6.33. The van der Waals surface area contributed by atoms with Crippen molar-refractivity contribution in [3.05, 3.63) is 120 Å². The number of pyridine rings is 1. The second-order valence-corrected chi connectivity index (χ2v) is 8.68. The monoisotopic (exact) mass is 451 g/mol. The van der Waals surface area contributed by atoms with Crippen LogP contribution in [0.1, 0.15) is 28.4 Å². The van der Waals surface area contributed by atoms with E-state index in [-0.39, 0.29) is 0 Å². The van der Waals surface area contributed by atoms with Crippen LogP contribution in [0.25, 0.3) is 0 Å². The van der Waals surface area contributed by atoms with Gasteiger partial charge in [-0.15, -0.1) is 0 Å². The van der Waals surface area contributed by atoms with E-state index in [0.29, 0.717) is 6.61 Å². The Kier molecular flexibility index (Phi) is 6.56. The van der Waals surface area contributed by atoms with Crippen LogP contribution in [0.3, 0.4) is 0 Å². The highest BCUT2D eigenvalue weighted by Crippen LogP contribution is 2.30. The van der Waals surface area contributed by atoms with Crippen LogP contribution in [-0.2, 0) is 13.1 Å². The molecule has 1 atom stereocenters. The van der Waals surface area contributed by atoms with Gasteiger partial charge in [0.2, 0.25) is 0 Å². The maximum Gasteiger partial charge on any atom is 0.123 e. The molecular weight excluding hydrogens is 422 g/mol. The highest BCUT2D eigenvalue weighted by atomic mass is 16.5. The number of hydrogen-bond donors (Lipinski definition) is 1. The van der Waals surface area contributed by atoms with Gasteiger partial charge in [0.25, 0.3) is 0 Å². The predicted molar refractivity (Wildman–Crippen MR) is 135 cm³/mol. The summed E-state index contributed by atoms with van der Waals surface area (Å²) in [5, 5.41) is 10.8. The van der Waals surface area contributed by atoms with E-state index in [2.05, 4.69) is 76.4 Å². The van der Waals surface area contributed by atoms with Crippen molar-refractivity contribution in [2.45, 2.75) is 19.2 Å². The van der Waals surface area contributed by atoms with Gasteiger partial charge in [-0.2, -0.15) is 0 Å². The number of nitrogens with zero attached hydrogens (tertiary/aromatic N) is 3. The second-order valence-electron chi connectivity index (χ2n) is 8.68. The SMILES string of the molecule is CN(c1ccccc1)c1ccc(CN2CCOc3ccc([C@H](O)c4cccnc4)cc3C2)cc1. The molecule has 5 rings (SSSR count). The zero-order valence-corrected chi connectivity index (χ0v) is 19.3. The quantitative estimate of drug-likeness (QED) is 0.430. The summed E-state index contributed by atoms with van der Waals surface area (Å²) in [4.78, 5) is 8.71. The van der Waals surface area contributed by atoms with Crippen LogP contribution in [0.4, 0.5) is 11.4 Å². The number of anilines is 2. The number of para-hydroxylation sites is 1. The zero-order valence-electron chi connectivity index (χ0n) is 19.3. The number of hydrogen-bond acceptors (Lipinski definition) is 5. The smallest absolute Gasteiger partial charge is 0.123 e. The molecule has 0 bridgehead atoms. The van der Waals surface area contributed by atoms with Crippen molar-refractivity contribution in [1.29, 1.82) is 0 Å². The summed E-state index contributed by atoms with van der Waals surface area (Å²) < 4.78 is 6.01. The fraction of sp³-hybridized carbons (Fsp3) is 0.207. The van der Waals surface area contributed by atoms with Gasteiger partial charge in [0.05, 0.1) is 0 Å². The molecule has 5 nitrogen and oxygen atoms in total. The Bertz CT molecular complexity index is 1210. The lowest BCUT2D eigenvalue weighted by atomic mass is 10.00. The fourth-order valence-electron chi connectivity index (χ4n) is 4.39. The second kappa shape index (κ2) is 10.1. The minimum Gasteiger partial charge on any atom is -0.492 e. The van der Waals surface area contributed by atoms with Crippen molar-refractivity contribution >= 4 is 11.4 Å². The molecule has 172 valence electrons. The van der Waals surface area contributed by atoms with E-state index < -0.39 is 6.10 Å². The van der Waals surface area contributed by atoms with Crippen molar-refractivity contribution in [3.8, 4) is 5.75 Å².